The summed E-state index contributed by atoms with van der Waals surface area (Å²) >= 11 is 0. The van der Waals surface area contributed by atoms with Crippen molar-refractivity contribution >= 4 is 11.5 Å². The zero-order valence-corrected chi connectivity index (χ0v) is 8.60. The van der Waals surface area contributed by atoms with Crippen LogP contribution in [-0.4, -0.2) is 10.7 Å². The highest BCUT2D eigenvalue weighted by molar-refractivity contribution is 5.96. The summed E-state index contributed by atoms with van der Waals surface area (Å²) in [5.74, 6) is 2.04. The Morgan fingerprint density at radius 3 is 2.75 bits per heavy atom. The number of terminal acetylenes is 1. The fourth-order valence-electron chi connectivity index (χ4n) is 1.28. The molecule has 81 valence electrons. The lowest BCUT2D eigenvalue weighted by Gasteiger charge is -2.00. The summed E-state index contributed by atoms with van der Waals surface area (Å²) in [7, 11) is 0. The van der Waals surface area contributed by atoms with Gasteiger partial charge in [-0.25, -0.2) is 0 Å². The first-order valence-corrected chi connectivity index (χ1v) is 4.67. The molecular weight excluding hydrogens is 206 g/mol. The van der Waals surface area contributed by atoms with E-state index < -0.39 is 4.92 Å². The molecule has 0 saturated heterocycles. The fraction of sp³-hybridized carbons (Fsp3) is 0.167. The van der Waals surface area contributed by atoms with E-state index in [1.54, 1.807) is 0 Å². The smallest absolute Gasteiger partial charge is 0.285 e. The van der Waals surface area contributed by atoms with Crippen LogP contribution in [0.2, 0.25) is 0 Å². The monoisotopic (exact) mass is 216 g/mol. The number of carbonyl (C=O) groups is 1. The van der Waals surface area contributed by atoms with Crippen LogP contribution in [0.25, 0.3) is 0 Å². The van der Waals surface area contributed by atoms with Gasteiger partial charge in [0.25, 0.3) is 5.69 Å². The molecule has 0 aromatic heterocycles. The lowest BCUT2D eigenvalue weighted by Crippen LogP contribution is -2.01. The van der Waals surface area contributed by atoms with Gasteiger partial charge in [0, 0.05) is 18.1 Å². The molecule has 0 amide bonds. The second-order valence-electron chi connectivity index (χ2n) is 3.16. The molecule has 1 rings (SSSR count). The second-order valence-corrected chi connectivity index (χ2v) is 3.16. The molecule has 0 N–H and O–H groups in total. The molecule has 0 aliphatic carbocycles. The van der Waals surface area contributed by atoms with Gasteiger partial charge in [-0.3, -0.25) is 14.9 Å². The average molecular weight is 216 g/mol. The van der Waals surface area contributed by atoms with Gasteiger partial charge in [0.15, 0.2) is 5.78 Å². The quantitative estimate of drug-likeness (QED) is 0.336. The standard InChI is InChI=1S/C12H10NO3/c1-3-5-12(14)10-7-6-9(4-2)11(8-10)13(15)16/h2,6-8H,1,3,5H2. The van der Waals surface area contributed by atoms with Crippen LogP contribution in [-0.2, 0) is 0 Å². The number of carbonyl (C=O) groups excluding carboxylic acids is 1. The van der Waals surface area contributed by atoms with Crippen LogP contribution in [0.3, 0.4) is 0 Å². The summed E-state index contributed by atoms with van der Waals surface area (Å²) in [5.41, 5.74) is 0.267. The fourth-order valence-corrected chi connectivity index (χ4v) is 1.28. The minimum Gasteiger partial charge on any atom is -0.294 e. The van der Waals surface area contributed by atoms with Gasteiger partial charge in [-0.05, 0) is 18.6 Å². The summed E-state index contributed by atoms with van der Waals surface area (Å²) in [5, 5.41) is 10.7. The Labute approximate surface area is 93.4 Å². The number of nitro benzene ring substituents is 1. The number of ketones is 1. The predicted molar refractivity (Wildman–Crippen MR) is 60.0 cm³/mol. The molecule has 0 aliphatic rings. The maximum Gasteiger partial charge on any atom is 0.285 e. The van der Waals surface area contributed by atoms with Crippen molar-refractivity contribution in [3.8, 4) is 12.3 Å². The molecular formula is C12H10NO3. The van der Waals surface area contributed by atoms with Crippen molar-refractivity contribution in [1.82, 2.24) is 0 Å². The summed E-state index contributed by atoms with van der Waals surface area (Å²) in [4.78, 5) is 21.6. The van der Waals surface area contributed by atoms with Gasteiger partial charge >= 0.3 is 0 Å². The third kappa shape index (κ3) is 2.45. The van der Waals surface area contributed by atoms with Gasteiger partial charge in [-0.15, -0.1) is 6.42 Å². The number of benzene rings is 1. The molecule has 0 bridgehead atoms. The summed E-state index contributed by atoms with van der Waals surface area (Å²) < 4.78 is 0. The van der Waals surface area contributed by atoms with E-state index in [1.807, 2.05) is 0 Å². The van der Waals surface area contributed by atoms with E-state index in [4.69, 9.17) is 6.42 Å². The number of hydrogen-bond donors (Lipinski definition) is 0. The highest BCUT2D eigenvalue weighted by atomic mass is 16.6. The maximum atomic E-state index is 11.5. The van der Waals surface area contributed by atoms with E-state index >= 15 is 0 Å². The molecule has 0 spiro atoms. The maximum absolute atomic E-state index is 11.5. The molecule has 0 unspecified atom stereocenters. The third-order valence-corrected chi connectivity index (χ3v) is 2.08. The Hall–Kier alpha value is -2.15. The van der Waals surface area contributed by atoms with Crippen LogP contribution < -0.4 is 0 Å². The second kappa shape index (κ2) is 5.08. The largest absolute Gasteiger partial charge is 0.294 e. The normalized spacial score (nSPS) is 9.50. The van der Waals surface area contributed by atoms with Gasteiger partial charge in [-0.1, -0.05) is 12.8 Å². The van der Waals surface area contributed by atoms with Crippen molar-refractivity contribution in [3.05, 3.63) is 46.4 Å². The molecule has 0 fully saturated rings. The molecule has 16 heavy (non-hydrogen) atoms. The van der Waals surface area contributed by atoms with E-state index in [2.05, 4.69) is 12.8 Å². The molecule has 0 saturated carbocycles. The molecule has 0 heterocycles. The minimum absolute atomic E-state index is 0.165. The van der Waals surface area contributed by atoms with Crippen molar-refractivity contribution in [3.63, 3.8) is 0 Å². The van der Waals surface area contributed by atoms with E-state index in [0.29, 0.717) is 12.0 Å². The number of hydrogen-bond acceptors (Lipinski definition) is 3. The van der Waals surface area contributed by atoms with E-state index in [-0.39, 0.29) is 23.5 Å². The number of nitrogens with zero attached hydrogens (tertiary/aromatic N) is 1. The molecule has 4 nitrogen and oxygen atoms in total. The first-order valence-electron chi connectivity index (χ1n) is 4.67. The third-order valence-electron chi connectivity index (χ3n) is 2.08. The van der Waals surface area contributed by atoms with Crippen molar-refractivity contribution in [2.75, 3.05) is 0 Å². The van der Waals surface area contributed by atoms with E-state index in [1.165, 1.54) is 18.2 Å². The Bertz CT molecular complexity index is 472. The Morgan fingerprint density at radius 2 is 2.25 bits per heavy atom. The zero-order valence-electron chi connectivity index (χ0n) is 8.60. The summed E-state index contributed by atoms with van der Waals surface area (Å²) in [6.07, 6.45) is 5.86. The Kier molecular flexibility index (Phi) is 3.78. The van der Waals surface area contributed by atoms with Gasteiger partial charge in [0.05, 0.1) is 4.92 Å². The summed E-state index contributed by atoms with van der Waals surface area (Å²) in [6.45, 7) is 3.56. The van der Waals surface area contributed by atoms with Crippen molar-refractivity contribution in [1.29, 1.82) is 0 Å². The van der Waals surface area contributed by atoms with Gasteiger partial charge in [-0.2, -0.15) is 0 Å². The lowest BCUT2D eigenvalue weighted by atomic mass is 10.0. The molecule has 1 radical (unpaired) electrons. The molecule has 4 heteroatoms. The Balaban J connectivity index is 3.18. The highest BCUT2D eigenvalue weighted by Crippen LogP contribution is 2.20. The number of Topliss-reactive ketones (excluding diaryl/α,β-unsaturated/α-hetero) is 1. The average Bonchev–Trinajstić information content (AvgIpc) is 2.28. The van der Waals surface area contributed by atoms with Crippen molar-refractivity contribution in [2.24, 2.45) is 0 Å². The minimum atomic E-state index is -0.587. The molecule has 1 aromatic carbocycles. The topological polar surface area (TPSA) is 60.2 Å². The molecule has 1 aromatic rings. The van der Waals surface area contributed by atoms with Crippen molar-refractivity contribution < 1.29 is 9.72 Å². The highest BCUT2D eigenvalue weighted by Gasteiger charge is 2.15. The van der Waals surface area contributed by atoms with Crippen LogP contribution in [0, 0.1) is 29.4 Å². The molecule has 0 aliphatic heterocycles. The van der Waals surface area contributed by atoms with Gasteiger partial charge < -0.3 is 0 Å². The zero-order chi connectivity index (χ0) is 12.1. The van der Waals surface area contributed by atoms with Crippen LogP contribution in [0.4, 0.5) is 5.69 Å². The van der Waals surface area contributed by atoms with E-state index in [0.717, 1.165) is 0 Å². The first-order chi connectivity index (χ1) is 7.60. The Morgan fingerprint density at radius 1 is 1.56 bits per heavy atom. The first kappa shape index (κ1) is 11.9. The van der Waals surface area contributed by atoms with Gasteiger partial charge in [0.2, 0.25) is 0 Å². The van der Waals surface area contributed by atoms with Crippen LogP contribution in [0.1, 0.15) is 28.8 Å². The van der Waals surface area contributed by atoms with E-state index in [9.17, 15) is 14.9 Å². The SMILES string of the molecule is C#Cc1ccc(C(=O)CC[CH2])cc1[N+](=O)[O-]. The van der Waals surface area contributed by atoms with Crippen molar-refractivity contribution in [2.45, 2.75) is 12.8 Å². The van der Waals surface area contributed by atoms with Crippen LogP contribution >= 0.6 is 0 Å². The van der Waals surface area contributed by atoms with Gasteiger partial charge in [0.1, 0.15) is 5.56 Å². The van der Waals surface area contributed by atoms with Crippen LogP contribution in [0.15, 0.2) is 18.2 Å². The predicted octanol–water partition coefficient (Wildman–Crippen LogP) is 2.37. The van der Waals surface area contributed by atoms with Crippen LogP contribution in [0.5, 0.6) is 0 Å². The lowest BCUT2D eigenvalue weighted by molar-refractivity contribution is -0.385. The number of rotatable bonds is 4. The number of nitro groups is 1. The molecule has 0 atom stereocenters. The summed E-state index contributed by atoms with van der Waals surface area (Å²) in [6, 6.07) is 4.13.